The number of carbonyl (C=O) groups is 1. The van der Waals surface area contributed by atoms with Crippen molar-refractivity contribution in [3.8, 4) is 0 Å². The molecule has 0 aliphatic carbocycles. The highest BCUT2D eigenvalue weighted by Gasteiger charge is 2.29. The number of likely N-dealkylation sites (tertiary alicyclic amines) is 1. The standard InChI is InChI=1S/C15H20BrNO2/c1-10-4-5-12(16)8-13(10)15(18)17-7-6-11(2)14(9-17)19-3/h4-5,8,11,14H,6-7,9H2,1-3H3. The van der Waals surface area contributed by atoms with Crippen LogP contribution in [0, 0.1) is 12.8 Å². The lowest BCUT2D eigenvalue weighted by Crippen LogP contribution is -2.46. The summed E-state index contributed by atoms with van der Waals surface area (Å²) >= 11 is 3.43. The van der Waals surface area contributed by atoms with E-state index < -0.39 is 0 Å². The molecule has 0 saturated carbocycles. The molecule has 0 aromatic heterocycles. The van der Waals surface area contributed by atoms with Crippen LogP contribution in [0.2, 0.25) is 0 Å². The van der Waals surface area contributed by atoms with E-state index in [1.165, 1.54) is 0 Å². The van der Waals surface area contributed by atoms with Gasteiger partial charge in [-0.2, -0.15) is 0 Å². The lowest BCUT2D eigenvalue weighted by molar-refractivity contribution is -0.00159. The maximum Gasteiger partial charge on any atom is 0.254 e. The average Bonchev–Trinajstić information content (AvgIpc) is 2.41. The number of carbonyl (C=O) groups excluding carboxylic acids is 1. The zero-order valence-corrected chi connectivity index (χ0v) is 13.2. The number of aryl methyl sites for hydroxylation is 1. The molecule has 1 aliphatic rings. The lowest BCUT2D eigenvalue weighted by atomic mass is 9.95. The van der Waals surface area contributed by atoms with Crippen molar-refractivity contribution >= 4 is 21.8 Å². The second kappa shape index (κ2) is 6.06. The van der Waals surface area contributed by atoms with Gasteiger partial charge in [0.15, 0.2) is 0 Å². The van der Waals surface area contributed by atoms with Gasteiger partial charge in [0.2, 0.25) is 0 Å². The maximum atomic E-state index is 12.6. The molecule has 2 rings (SSSR count). The van der Waals surface area contributed by atoms with Gasteiger partial charge in [-0.1, -0.05) is 28.9 Å². The molecule has 1 aromatic carbocycles. The van der Waals surface area contributed by atoms with Crippen LogP contribution >= 0.6 is 15.9 Å². The summed E-state index contributed by atoms with van der Waals surface area (Å²) in [6.45, 7) is 5.65. The molecule has 4 heteroatoms. The molecule has 1 heterocycles. The van der Waals surface area contributed by atoms with Gasteiger partial charge in [0.25, 0.3) is 5.91 Å². The first-order valence-electron chi connectivity index (χ1n) is 6.61. The number of hydrogen-bond donors (Lipinski definition) is 0. The van der Waals surface area contributed by atoms with Crippen molar-refractivity contribution in [3.63, 3.8) is 0 Å². The van der Waals surface area contributed by atoms with Crippen molar-refractivity contribution in [1.29, 1.82) is 0 Å². The fraction of sp³-hybridized carbons (Fsp3) is 0.533. The number of rotatable bonds is 2. The Morgan fingerprint density at radius 2 is 2.21 bits per heavy atom. The molecule has 19 heavy (non-hydrogen) atoms. The molecule has 1 fully saturated rings. The zero-order chi connectivity index (χ0) is 14.0. The highest BCUT2D eigenvalue weighted by Crippen LogP contribution is 2.23. The van der Waals surface area contributed by atoms with Crippen LogP contribution in [0.1, 0.15) is 29.3 Å². The van der Waals surface area contributed by atoms with Crippen LogP contribution in [0.4, 0.5) is 0 Å². The molecule has 0 N–H and O–H groups in total. The third kappa shape index (κ3) is 3.18. The number of piperidine rings is 1. The molecule has 0 spiro atoms. The normalized spacial score (nSPS) is 23.5. The summed E-state index contributed by atoms with van der Waals surface area (Å²) in [7, 11) is 1.72. The fourth-order valence-corrected chi connectivity index (χ4v) is 2.88. The van der Waals surface area contributed by atoms with Gasteiger partial charge in [0.05, 0.1) is 6.10 Å². The van der Waals surface area contributed by atoms with Crippen molar-refractivity contribution in [2.45, 2.75) is 26.4 Å². The molecule has 104 valence electrons. The summed E-state index contributed by atoms with van der Waals surface area (Å²) in [6, 6.07) is 5.83. The van der Waals surface area contributed by atoms with Crippen molar-refractivity contribution in [2.75, 3.05) is 20.2 Å². The van der Waals surface area contributed by atoms with Crippen LogP contribution in [0.3, 0.4) is 0 Å². The smallest absolute Gasteiger partial charge is 0.254 e. The Kier molecular flexibility index (Phi) is 4.63. The topological polar surface area (TPSA) is 29.5 Å². The predicted octanol–water partition coefficient (Wildman–Crippen LogP) is 3.25. The van der Waals surface area contributed by atoms with E-state index in [0.29, 0.717) is 12.5 Å². The van der Waals surface area contributed by atoms with E-state index in [9.17, 15) is 4.79 Å². The summed E-state index contributed by atoms with van der Waals surface area (Å²) in [4.78, 5) is 14.5. The molecular formula is C15H20BrNO2. The highest BCUT2D eigenvalue weighted by molar-refractivity contribution is 9.10. The number of halogens is 1. The minimum absolute atomic E-state index is 0.104. The molecule has 2 atom stereocenters. The lowest BCUT2D eigenvalue weighted by Gasteiger charge is -2.36. The summed E-state index contributed by atoms with van der Waals surface area (Å²) < 4.78 is 6.41. The monoisotopic (exact) mass is 325 g/mol. The first-order valence-corrected chi connectivity index (χ1v) is 7.40. The Labute approximate surface area is 123 Å². The van der Waals surface area contributed by atoms with E-state index in [0.717, 1.165) is 28.6 Å². The Balaban J connectivity index is 2.18. The molecule has 1 aromatic rings. The number of hydrogen-bond acceptors (Lipinski definition) is 2. The van der Waals surface area contributed by atoms with Gasteiger partial charge in [-0.15, -0.1) is 0 Å². The minimum Gasteiger partial charge on any atom is -0.379 e. The molecule has 1 aliphatic heterocycles. The first-order chi connectivity index (χ1) is 9.02. The summed E-state index contributed by atoms with van der Waals surface area (Å²) in [5.74, 6) is 0.616. The molecule has 1 amide bonds. The fourth-order valence-electron chi connectivity index (χ4n) is 2.52. The van der Waals surface area contributed by atoms with E-state index in [1.807, 2.05) is 30.0 Å². The molecule has 0 bridgehead atoms. The third-order valence-electron chi connectivity index (χ3n) is 3.91. The Bertz CT molecular complexity index is 475. The second-order valence-corrected chi connectivity index (χ2v) is 6.17. The molecular weight excluding hydrogens is 306 g/mol. The summed E-state index contributed by atoms with van der Waals surface area (Å²) in [5, 5.41) is 0. The van der Waals surface area contributed by atoms with Crippen LogP contribution in [0.25, 0.3) is 0 Å². The van der Waals surface area contributed by atoms with Gasteiger partial charge in [-0.3, -0.25) is 4.79 Å². The van der Waals surface area contributed by atoms with Crippen LogP contribution in [-0.2, 0) is 4.74 Å². The van der Waals surface area contributed by atoms with Gasteiger partial charge < -0.3 is 9.64 Å². The molecule has 2 unspecified atom stereocenters. The van der Waals surface area contributed by atoms with Crippen molar-refractivity contribution < 1.29 is 9.53 Å². The van der Waals surface area contributed by atoms with E-state index in [1.54, 1.807) is 7.11 Å². The predicted molar refractivity (Wildman–Crippen MR) is 79.4 cm³/mol. The van der Waals surface area contributed by atoms with Crippen LogP contribution in [0.5, 0.6) is 0 Å². The Morgan fingerprint density at radius 3 is 2.89 bits per heavy atom. The van der Waals surface area contributed by atoms with E-state index in [-0.39, 0.29) is 12.0 Å². The van der Waals surface area contributed by atoms with Crippen LogP contribution in [0.15, 0.2) is 22.7 Å². The number of methoxy groups -OCH3 is 1. The van der Waals surface area contributed by atoms with Crippen molar-refractivity contribution in [2.24, 2.45) is 5.92 Å². The van der Waals surface area contributed by atoms with E-state index >= 15 is 0 Å². The van der Waals surface area contributed by atoms with Gasteiger partial charge >= 0.3 is 0 Å². The Morgan fingerprint density at radius 1 is 1.47 bits per heavy atom. The van der Waals surface area contributed by atoms with Gasteiger partial charge in [-0.25, -0.2) is 0 Å². The van der Waals surface area contributed by atoms with Gasteiger partial charge in [0.1, 0.15) is 0 Å². The number of amides is 1. The molecule has 0 radical (unpaired) electrons. The number of nitrogens with zero attached hydrogens (tertiary/aromatic N) is 1. The molecule has 3 nitrogen and oxygen atoms in total. The third-order valence-corrected chi connectivity index (χ3v) is 4.40. The molecule has 1 saturated heterocycles. The minimum atomic E-state index is 0.104. The maximum absolute atomic E-state index is 12.6. The zero-order valence-electron chi connectivity index (χ0n) is 11.6. The average molecular weight is 326 g/mol. The quantitative estimate of drug-likeness (QED) is 0.835. The summed E-state index contributed by atoms with van der Waals surface area (Å²) in [6.07, 6.45) is 1.14. The van der Waals surface area contributed by atoms with Crippen LogP contribution < -0.4 is 0 Å². The SMILES string of the molecule is COC1CN(C(=O)c2cc(Br)ccc2C)CCC1C. The highest BCUT2D eigenvalue weighted by atomic mass is 79.9. The first kappa shape index (κ1) is 14.5. The van der Waals surface area contributed by atoms with E-state index in [4.69, 9.17) is 4.74 Å². The Hall–Kier alpha value is -0.870. The largest absolute Gasteiger partial charge is 0.379 e. The van der Waals surface area contributed by atoms with Crippen LogP contribution in [-0.4, -0.2) is 37.1 Å². The number of benzene rings is 1. The number of ether oxygens (including phenoxy) is 1. The van der Waals surface area contributed by atoms with Crippen molar-refractivity contribution in [1.82, 2.24) is 4.90 Å². The summed E-state index contributed by atoms with van der Waals surface area (Å²) in [5.41, 5.74) is 1.79. The van der Waals surface area contributed by atoms with Gasteiger partial charge in [0, 0.05) is 30.2 Å². The van der Waals surface area contributed by atoms with E-state index in [2.05, 4.69) is 22.9 Å². The van der Waals surface area contributed by atoms with Gasteiger partial charge in [-0.05, 0) is 37.0 Å². The van der Waals surface area contributed by atoms with Crippen molar-refractivity contribution in [3.05, 3.63) is 33.8 Å². The second-order valence-electron chi connectivity index (χ2n) is 5.25.